The average molecular weight is 193 g/mol. The first kappa shape index (κ1) is 11.0. The minimum absolute atomic E-state index is 0.187. The first-order valence-electron chi connectivity index (χ1n) is 5.32. The first-order chi connectivity index (χ1) is 6.79. The molecule has 1 amide bonds. The molecule has 0 aliphatic carbocycles. The standard InChI is InChI=1S/C12H19NO/c1-3-8-12(14)13-10-7-5-6-9-11(13)4-2/h3-4,11H,1-2,5-10H2/t11-/m1/s1. The molecular weight excluding hydrogens is 174 g/mol. The van der Waals surface area contributed by atoms with Gasteiger partial charge in [-0.15, -0.1) is 13.2 Å². The van der Waals surface area contributed by atoms with Crippen LogP contribution < -0.4 is 0 Å². The van der Waals surface area contributed by atoms with Crippen LogP contribution in [0.3, 0.4) is 0 Å². The van der Waals surface area contributed by atoms with E-state index in [4.69, 9.17) is 0 Å². The second-order valence-corrected chi connectivity index (χ2v) is 3.73. The van der Waals surface area contributed by atoms with E-state index in [9.17, 15) is 4.79 Å². The molecule has 0 aromatic rings. The summed E-state index contributed by atoms with van der Waals surface area (Å²) in [4.78, 5) is 13.7. The Labute approximate surface area is 86.3 Å². The van der Waals surface area contributed by atoms with Crippen LogP contribution in [0.5, 0.6) is 0 Å². The fourth-order valence-corrected chi connectivity index (χ4v) is 1.93. The molecule has 2 heteroatoms. The molecule has 0 N–H and O–H groups in total. The number of rotatable bonds is 3. The number of amides is 1. The fraction of sp³-hybridized carbons (Fsp3) is 0.583. The summed E-state index contributed by atoms with van der Waals surface area (Å²) in [6, 6.07) is 0.241. The Morgan fingerprint density at radius 3 is 2.79 bits per heavy atom. The maximum absolute atomic E-state index is 11.7. The van der Waals surface area contributed by atoms with Gasteiger partial charge >= 0.3 is 0 Å². The highest BCUT2D eigenvalue weighted by Crippen LogP contribution is 2.18. The van der Waals surface area contributed by atoms with Gasteiger partial charge in [-0.05, 0) is 12.8 Å². The van der Waals surface area contributed by atoms with Crippen molar-refractivity contribution in [1.82, 2.24) is 4.90 Å². The fourth-order valence-electron chi connectivity index (χ4n) is 1.93. The number of carbonyl (C=O) groups excluding carboxylic acids is 1. The van der Waals surface area contributed by atoms with Crippen LogP contribution in [-0.2, 0) is 4.79 Å². The first-order valence-corrected chi connectivity index (χ1v) is 5.32. The molecule has 0 unspecified atom stereocenters. The van der Waals surface area contributed by atoms with Crippen LogP contribution in [-0.4, -0.2) is 23.4 Å². The lowest BCUT2D eigenvalue weighted by molar-refractivity contribution is -0.131. The van der Waals surface area contributed by atoms with Gasteiger partial charge in [0.1, 0.15) is 0 Å². The molecule has 0 saturated carbocycles. The zero-order valence-electron chi connectivity index (χ0n) is 8.74. The Morgan fingerprint density at radius 2 is 2.14 bits per heavy atom. The molecule has 0 spiro atoms. The number of hydrogen-bond acceptors (Lipinski definition) is 1. The van der Waals surface area contributed by atoms with Gasteiger partial charge in [-0.1, -0.05) is 25.0 Å². The van der Waals surface area contributed by atoms with E-state index in [1.54, 1.807) is 6.08 Å². The molecule has 1 rings (SSSR count). The van der Waals surface area contributed by atoms with Gasteiger partial charge in [-0.2, -0.15) is 0 Å². The summed E-state index contributed by atoms with van der Waals surface area (Å²) < 4.78 is 0. The molecule has 14 heavy (non-hydrogen) atoms. The van der Waals surface area contributed by atoms with E-state index in [-0.39, 0.29) is 11.9 Å². The Bertz CT molecular complexity index is 222. The van der Waals surface area contributed by atoms with Crippen LogP contribution in [0.4, 0.5) is 0 Å². The summed E-state index contributed by atoms with van der Waals surface area (Å²) in [6.07, 6.45) is 8.63. The molecule has 1 fully saturated rings. The average Bonchev–Trinajstić information content (AvgIpc) is 2.42. The topological polar surface area (TPSA) is 20.3 Å². The lowest BCUT2D eigenvalue weighted by Gasteiger charge is -2.27. The lowest BCUT2D eigenvalue weighted by atomic mass is 10.1. The number of hydrogen-bond donors (Lipinski definition) is 0. The monoisotopic (exact) mass is 193 g/mol. The second-order valence-electron chi connectivity index (χ2n) is 3.73. The van der Waals surface area contributed by atoms with Crippen LogP contribution in [0.2, 0.25) is 0 Å². The zero-order chi connectivity index (χ0) is 10.4. The van der Waals surface area contributed by atoms with Gasteiger partial charge in [0.15, 0.2) is 0 Å². The third-order valence-electron chi connectivity index (χ3n) is 2.71. The van der Waals surface area contributed by atoms with Crippen molar-refractivity contribution >= 4 is 5.91 Å². The minimum Gasteiger partial charge on any atom is -0.336 e. The summed E-state index contributed by atoms with van der Waals surface area (Å²) in [5.74, 6) is 0.187. The molecule has 1 aliphatic rings. The van der Waals surface area contributed by atoms with E-state index in [0.29, 0.717) is 6.42 Å². The van der Waals surface area contributed by atoms with Gasteiger partial charge in [0.25, 0.3) is 0 Å². The van der Waals surface area contributed by atoms with Crippen molar-refractivity contribution in [2.24, 2.45) is 0 Å². The van der Waals surface area contributed by atoms with Gasteiger partial charge in [0.2, 0.25) is 5.91 Å². The number of likely N-dealkylation sites (tertiary alicyclic amines) is 1. The Hall–Kier alpha value is -1.05. The van der Waals surface area contributed by atoms with Crippen LogP contribution in [0.1, 0.15) is 32.1 Å². The van der Waals surface area contributed by atoms with Crippen molar-refractivity contribution in [3.05, 3.63) is 25.3 Å². The highest BCUT2D eigenvalue weighted by atomic mass is 16.2. The van der Waals surface area contributed by atoms with Crippen LogP contribution >= 0.6 is 0 Å². The summed E-state index contributed by atoms with van der Waals surface area (Å²) in [7, 11) is 0. The molecule has 1 atom stereocenters. The summed E-state index contributed by atoms with van der Waals surface area (Å²) >= 11 is 0. The van der Waals surface area contributed by atoms with Crippen LogP contribution in [0.15, 0.2) is 25.3 Å². The molecule has 0 aromatic carbocycles. The van der Waals surface area contributed by atoms with Crippen LogP contribution in [0.25, 0.3) is 0 Å². The lowest BCUT2D eigenvalue weighted by Crippen LogP contribution is -2.38. The quantitative estimate of drug-likeness (QED) is 0.631. The van der Waals surface area contributed by atoms with Crippen molar-refractivity contribution in [2.75, 3.05) is 6.54 Å². The van der Waals surface area contributed by atoms with Crippen molar-refractivity contribution in [1.29, 1.82) is 0 Å². The summed E-state index contributed by atoms with van der Waals surface area (Å²) in [5.41, 5.74) is 0. The maximum Gasteiger partial charge on any atom is 0.226 e. The van der Waals surface area contributed by atoms with Crippen molar-refractivity contribution in [3.8, 4) is 0 Å². The molecule has 1 heterocycles. The van der Waals surface area contributed by atoms with E-state index >= 15 is 0 Å². The third-order valence-corrected chi connectivity index (χ3v) is 2.71. The smallest absolute Gasteiger partial charge is 0.226 e. The number of carbonyl (C=O) groups is 1. The van der Waals surface area contributed by atoms with Gasteiger partial charge < -0.3 is 4.90 Å². The Kier molecular flexibility index (Phi) is 4.44. The molecule has 78 valence electrons. The second kappa shape index (κ2) is 5.63. The normalized spacial score (nSPS) is 22.6. The Morgan fingerprint density at radius 1 is 1.36 bits per heavy atom. The SMILES string of the molecule is C=CCC(=O)N1CCCCC[C@H]1C=C. The highest BCUT2D eigenvalue weighted by molar-refractivity contribution is 5.78. The maximum atomic E-state index is 11.7. The molecule has 1 saturated heterocycles. The zero-order valence-corrected chi connectivity index (χ0v) is 8.74. The molecule has 0 radical (unpaired) electrons. The summed E-state index contributed by atoms with van der Waals surface area (Å²) in [6.45, 7) is 8.27. The van der Waals surface area contributed by atoms with Gasteiger partial charge in [0, 0.05) is 19.0 Å². The Balaban J connectivity index is 2.64. The van der Waals surface area contributed by atoms with E-state index < -0.39 is 0 Å². The minimum atomic E-state index is 0.187. The van der Waals surface area contributed by atoms with E-state index in [0.717, 1.165) is 19.4 Å². The number of nitrogens with zero attached hydrogens (tertiary/aromatic N) is 1. The van der Waals surface area contributed by atoms with Crippen molar-refractivity contribution in [3.63, 3.8) is 0 Å². The molecule has 1 aliphatic heterocycles. The highest BCUT2D eigenvalue weighted by Gasteiger charge is 2.21. The van der Waals surface area contributed by atoms with E-state index in [1.807, 2.05) is 11.0 Å². The van der Waals surface area contributed by atoms with Gasteiger partial charge in [-0.25, -0.2) is 0 Å². The molecular formula is C12H19NO. The van der Waals surface area contributed by atoms with E-state index in [1.165, 1.54) is 12.8 Å². The van der Waals surface area contributed by atoms with E-state index in [2.05, 4.69) is 13.2 Å². The molecule has 2 nitrogen and oxygen atoms in total. The summed E-state index contributed by atoms with van der Waals surface area (Å²) in [5, 5.41) is 0. The molecule has 0 aromatic heterocycles. The van der Waals surface area contributed by atoms with Gasteiger partial charge in [0.05, 0.1) is 0 Å². The van der Waals surface area contributed by atoms with Gasteiger partial charge in [-0.3, -0.25) is 4.79 Å². The van der Waals surface area contributed by atoms with Crippen LogP contribution in [0, 0.1) is 0 Å². The predicted octanol–water partition coefficient (Wildman–Crippen LogP) is 2.52. The predicted molar refractivity (Wildman–Crippen MR) is 59.0 cm³/mol. The van der Waals surface area contributed by atoms with Crippen molar-refractivity contribution in [2.45, 2.75) is 38.1 Å². The molecule has 0 bridgehead atoms. The third kappa shape index (κ3) is 2.72. The largest absolute Gasteiger partial charge is 0.336 e. The van der Waals surface area contributed by atoms with Crippen molar-refractivity contribution < 1.29 is 4.79 Å².